The maximum Gasteiger partial charge on any atom is 0.338 e. The Balaban J connectivity index is 1.83. The zero-order chi connectivity index (χ0) is 16.6. The minimum Gasteiger partial charge on any atom is -0.274 e. The molecule has 2 aliphatic rings. The third kappa shape index (κ3) is 3.21. The minimum atomic E-state index is -0.621. The molecule has 0 N–H and O–H groups in total. The Kier molecular flexibility index (Phi) is 4.60. The van der Waals surface area contributed by atoms with Crippen LogP contribution in [0.1, 0.15) is 32.1 Å². The fourth-order valence-corrected chi connectivity index (χ4v) is 3.68. The first-order valence-corrected chi connectivity index (χ1v) is 8.37. The van der Waals surface area contributed by atoms with Gasteiger partial charge in [0.1, 0.15) is 6.54 Å². The number of hydrogen-bond acceptors (Lipinski definition) is 3. The molecule has 0 radical (unpaired) electrons. The van der Waals surface area contributed by atoms with E-state index in [9.17, 15) is 14.4 Å². The molecule has 1 aliphatic carbocycles. The highest BCUT2D eigenvalue weighted by molar-refractivity contribution is 6.35. The lowest BCUT2D eigenvalue weighted by Gasteiger charge is -2.24. The van der Waals surface area contributed by atoms with Crippen LogP contribution < -0.4 is 4.90 Å². The molecule has 1 saturated carbocycles. The molecule has 1 saturated heterocycles. The van der Waals surface area contributed by atoms with E-state index < -0.39 is 11.9 Å². The summed E-state index contributed by atoms with van der Waals surface area (Å²) in [5.41, 5.74) is 0.288. The van der Waals surface area contributed by atoms with Crippen molar-refractivity contribution in [3.63, 3.8) is 0 Å². The lowest BCUT2D eigenvalue weighted by atomic mass is 9.88. The molecule has 2 fully saturated rings. The molecule has 23 heavy (non-hydrogen) atoms. The van der Waals surface area contributed by atoms with Crippen molar-refractivity contribution < 1.29 is 14.4 Å². The van der Waals surface area contributed by atoms with Gasteiger partial charge in [-0.05, 0) is 31.0 Å². The average Bonchev–Trinajstić information content (AvgIpc) is 2.81. The molecule has 1 aliphatic heterocycles. The van der Waals surface area contributed by atoms with Crippen LogP contribution in [0.3, 0.4) is 0 Å². The van der Waals surface area contributed by atoms with Crippen LogP contribution in [0.25, 0.3) is 0 Å². The molecule has 0 unspecified atom stereocenters. The number of amides is 4. The normalized spacial score (nSPS) is 19.6. The first kappa shape index (κ1) is 16.3. The van der Waals surface area contributed by atoms with E-state index in [1.807, 2.05) is 0 Å². The smallest absolute Gasteiger partial charge is 0.274 e. The molecule has 1 heterocycles. The van der Waals surface area contributed by atoms with Crippen LogP contribution in [0.5, 0.6) is 0 Å². The van der Waals surface area contributed by atoms with Crippen molar-refractivity contribution in [1.82, 2.24) is 4.90 Å². The lowest BCUT2D eigenvalue weighted by molar-refractivity contribution is -0.134. The first-order chi connectivity index (χ1) is 11.0. The van der Waals surface area contributed by atoms with Gasteiger partial charge in [0.05, 0.1) is 5.69 Å². The summed E-state index contributed by atoms with van der Waals surface area (Å²) in [5.74, 6) is -0.862. The average molecular weight is 355 g/mol. The summed E-state index contributed by atoms with van der Waals surface area (Å²) in [5, 5.41) is 0.648. The molecule has 0 bridgehead atoms. The van der Waals surface area contributed by atoms with E-state index in [1.54, 1.807) is 0 Å². The van der Waals surface area contributed by atoms with E-state index >= 15 is 0 Å². The maximum absolute atomic E-state index is 12.5. The molecule has 0 aromatic heterocycles. The summed E-state index contributed by atoms with van der Waals surface area (Å²) in [6, 6.07) is 3.86. The minimum absolute atomic E-state index is 0.164. The number of hydrogen-bond donors (Lipinski definition) is 0. The first-order valence-electron chi connectivity index (χ1n) is 7.62. The largest absolute Gasteiger partial charge is 0.338 e. The predicted molar refractivity (Wildman–Crippen MR) is 87.6 cm³/mol. The zero-order valence-corrected chi connectivity index (χ0v) is 13.9. The highest BCUT2D eigenvalue weighted by Crippen LogP contribution is 2.31. The fraction of sp³-hybridized carbons (Fsp3) is 0.438. The lowest BCUT2D eigenvalue weighted by Crippen LogP contribution is -2.40. The van der Waals surface area contributed by atoms with Crippen LogP contribution in [0.4, 0.5) is 10.5 Å². The number of anilines is 1. The van der Waals surface area contributed by atoms with Gasteiger partial charge in [-0.3, -0.25) is 14.5 Å². The third-order valence-electron chi connectivity index (χ3n) is 4.29. The van der Waals surface area contributed by atoms with E-state index in [4.69, 9.17) is 23.2 Å². The van der Waals surface area contributed by atoms with Crippen molar-refractivity contribution in [1.29, 1.82) is 0 Å². The Morgan fingerprint density at radius 2 is 1.61 bits per heavy atom. The Morgan fingerprint density at radius 3 is 2.22 bits per heavy atom. The number of benzene rings is 1. The highest BCUT2D eigenvalue weighted by Gasteiger charge is 2.42. The summed E-state index contributed by atoms with van der Waals surface area (Å²) < 4.78 is 0. The van der Waals surface area contributed by atoms with E-state index in [0.29, 0.717) is 10.0 Å². The van der Waals surface area contributed by atoms with Gasteiger partial charge in [0.25, 0.3) is 5.91 Å². The molecule has 1 aromatic carbocycles. The highest BCUT2D eigenvalue weighted by atomic mass is 35.5. The SMILES string of the molecule is O=C(C1CCCCC1)N1CC(=O)N(c2cc(Cl)cc(Cl)c2)C1=O. The van der Waals surface area contributed by atoms with Crippen molar-refractivity contribution in [2.75, 3.05) is 11.4 Å². The second-order valence-electron chi connectivity index (χ2n) is 5.90. The molecular formula is C16H16Cl2N2O3. The Bertz CT molecular complexity index is 651. The number of rotatable bonds is 2. The zero-order valence-electron chi connectivity index (χ0n) is 12.4. The summed E-state index contributed by atoms with van der Waals surface area (Å²) >= 11 is 11.9. The Morgan fingerprint density at radius 1 is 1.00 bits per heavy atom. The van der Waals surface area contributed by atoms with Gasteiger partial charge in [-0.25, -0.2) is 9.69 Å². The van der Waals surface area contributed by atoms with Gasteiger partial charge in [-0.2, -0.15) is 0 Å². The van der Waals surface area contributed by atoms with Gasteiger partial charge in [-0.15, -0.1) is 0 Å². The second-order valence-corrected chi connectivity index (χ2v) is 6.77. The van der Waals surface area contributed by atoms with E-state index in [-0.39, 0.29) is 24.1 Å². The van der Waals surface area contributed by atoms with Gasteiger partial charge in [0.15, 0.2) is 0 Å². The predicted octanol–water partition coefficient (Wildman–Crippen LogP) is 3.87. The number of imide groups is 2. The summed E-state index contributed by atoms with van der Waals surface area (Å²) in [6.45, 7) is -0.224. The number of nitrogens with zero attached hydrogens (tertiary/aromatic N) is 2. The van der Waals surface area contributed by atoms with Crippen LogP contribution in [0, 0.1) is 5.92 Å². The summed E-state index contributed by atoms with van der Waals surface area (Å²) in [6.07, 6.45) is 4.64. The van der Waals surface area contributed by atoms with Crippen LogP contribution in [-0.2, 0) is 9.59 Å². The Hall–Kier alpha value is -1.59. The molecular weight excluding hydrogens is 339 g/mol. The summed E-state index contributed by atoms with van der Waals surface area (Å²) in [4.78, 5) is 39.3. The van der Waals surface area contributed by atoms with Crippen LogP contribution >= 0.6 is 23.2 Å². The molecule has 122 valence electrons. The maximum atomic E-state index is 12.5. The molecule has 3 rings (SSSR count). The molecule has 4 amide bonds. The van der Waals surface area contributed by atoms with Crippen molar-refractivity contribution in [2.24, 2.45) is 5.92 Å². The Labute approximate surface area is 144 Å². The molecule has 0 spiro atoms. The standard InChI is InChI=1S/C16H16Cl2N2O3/c17-11-6-12(18)8-13(7-11)20-14(21)9-19(16(20)23)15(22)10-4-2-1-3-5-10/h6-8,10H,1-5,9H2. The number of halogens is 2. The molecule has 0 atom stereocenters. The molecule has 5 nitrogen and oxygen atoms in total. The number of carbonyl (C=O) groups is 3. The van der Waals surface area contributed by atoms with Gasteiger partial charge in [0.2, 0.25) is 5.91 Å². The van der Waals surface area contributed by atoms with E-state index in [0.717, 1.165) is 41.9 Å². The fourth-order valence-electron chi connectivity index (χ4n) is 3.17. The van der Waals surface area contributed by atoms with Crippen molar-refractivity contribution in [3.05, 3.63) is 28.2 Å². The second kappa shape index (κ2) is 6.49. The molecule has 7 heteroatoms. The molecule has 1 aromatic rings. The summed E-state index contributed by atoms with van der Waals surface area (Å²) in [7, 11) is 0. The van der Waals surface area contributed by atoms with Gasteiger partial charge in [0, 0.05) is 16.0 Å². The van der Waals surface area contributed by atoms with E-state index in [1.165, 1.54) is 18.2 Å². The van der Waals surface area contributed by atoms with E-state index in [2.05, 4.69) is 0 Å². The van der Waals surface area contributed by atoms with Crippen LogP contribution in [0.2, 0.25) is 10.0 Å². The topological polar surface area (TPSA) is 57.7 Å². The number of carbonyl (C=O) groups excluding carboxylic acids is 3. The van der Waals surface area contributed by atoms with Gasteiger partial charge >= 0.3 is 6.03 Å². The van der Waals surface area contributed by atoms with Crippen LogP contribution in [0.15, 0.2) is 18.2 Å². The van der Waals surface area contributed by atoms with Gasteiger partial charge < -0.3 is 0 Å². The quantitative estimate of drug-likeness (QED) is 0.757. The monoisotopic (exact) mass is 354 g/mol. The van der Waals surface area contributed by atoms with Crippen molar-refractivity contribution in [3.8, 4) is 0 Å². The van der Waals surface area contributed by atoms with Crippen molar-refractivity contribution >= 4 is 46.7 Å². The number of urea groups is 1. The van der Waals surface area contributed by atoms with Crippen molar-refractivity contribution in [2.45, 2.75) is 32.1 Å². The third-order valence-corrected chi connectivity index (χ3v) is 4.73. The van der Waals surface area contributed by atoms with Gasteiger partial charge in [-0.1, -0.05) is 42.5 Å². The van der Waals surface area contributed by atoms with Crippen LogP contribution in [-0.4, -0.2) is 29.3 Å².